The zero-order valence-corrected chi connectivity index (χ0v) is 14.5. The predicted molar refractivity (Wildman–Crippen MR) is 88.7 cm³/mol. The molecule has 21 heavy (non-hydrogen) atoms. The van der Waals surface area contributed by atoms with Crippen LogP contribution in [0.1, 0.15) is 52.9 Å². The van der Waals surface area contributed by atoms with E-state index in [0.29, 0.717) is 12.0 Å². The van der Waals surface area contributed by atoms with Crippen LogP contribution in [0.3, 0.4) is 0 Å². The lowest BCUT2D eigenvalue weighted by molar-refractivity contribution is 0.0820. The molecule has 1 saturated carbocycles. The molecule has 1 rings (SSSR count). The van der Waals surface area contributed by atoms with E-state index in [2.05, 4.69) is 31.0 Å². The summed E-state index contributed by atoms with van der Waals surface area (Å²) in [4.78, 5) is 2.49. The highest BCUT2D eigenvalue weighted by Crippen LogP contribution is 2.37. The van der Waals surface area contributed by atoms with Gasteiger partial charge < -0.3 is 15.2 Å². The van der Waals surface area contributed by atoms with Gasteiger partial charge in [0.25, 0.3) is 0 Å². The Hall–Kier alpha value is -0.160. The van der Waals surface area contributed by atoms with Crippen LogP contribution in [0.15, 0.2) is 0 Å². The van der Waals surface area contributed by atoms with Gasteiger partial charge in [-0.3, -0.25) is 4.90 Å². The Morgan fingerprint density at radius 3 is 2.76 bits per heavy atom. The number of aliphatic hydroxyl groups is 1. The lowest BCUT2D eigenvalue weighted by Gasteiger charge is -2.37. The molecule has 2 N–H and O–H groups in total. The first-order valence-corrected chi connectivity index (χ1v) is 8.72. The molecule has 0 amide bonds. The van der Waals surface area contributed by atoms with Gasteiger partial charge in [-0.1, -0.05) is 20.3 Å². The first-order valence-electron chi connectivity index (χ1n) is 8.72. The molecule has 3 unspecified atom stereocenters. The summed E-state index contributed by atoms with van der Waals surface area (Å²) in [6, 6.07) is 0.466. The summed E-state index contributed by atoms with van der Waals surface area (Å²) >= 11 is 0. The second-order valence-electron chi connectivity index (χ2n) is 6.55. The molecule has 0 aliphatic heterocycles. The summed E-state index contributed by atoms with van der Waals surface area (Å²) < 4.78 is 5.28. The van der Waals surface area contributed by atoms with E-state index in [4.69, 9.17) is 4.74 Å². The van der Waals surface area contributed by atoms with E-state index in [1.54, 1.807) is 7.11 Å². The second-order valence-corrected chi connectivity index (χ2v) is 6.55. The third-order valence-electron chi connectivity index (χ3n) is 5.17. The van der Waals surface area contributed by atoms with Gasteiger partial charge in [-0.25, -0.2) is 0 Å². The highest BCUT2D eigenvalue weighted by molar-refractivity contribution is 4.99. The van der Waals surface area contributed by atoms with Gasteiger partial charge in [-0.2, -0.15) is 0 Å². The maximum absolute atomic E-state index is 9.93. The Kier molecular flexibility index (Phi) is 8.79. The van der Waals surface area contributed by atoms with E-state index in [1.165, 1.54) is 19.3 Å². The lowest BCUT2D eigenvalue weighted by atomic mass is 9.85. The number of hydrogen-bond acceptors (Lipinski definition) is 4. The van der Waals surface area contributed by atoms with E-state index in [1.807, 2.05) is 0 Å². The van der Waals surface area contributed by atoms with Crippen LogP contribution in [-0.4, -0.2) is 61.5 Å². The molecule has 0 radical (unpaired) electrons. The van der Waals surface area contributed by atoms with Crippen molar-refractivity contribution >= 4 is 0 Å². The Morgan fingerprint density at radius 2 is 2.19 bits per heavy atom. The van der Waals surface area contributed by atoms with E-state index < -0.39 is 0 Å². The van der Waals surface area contributed by atoms with Crippen molar-refractivity contribution < 1.29 is 9.84 Å². The molecular formula is C17H36N2O2. The first kappa shape index (κ1) is 18.9. The molecule has 4 nitrogen and oxygen atoms in total. The standard InChI is InChI=1S/C17H36N2O2/c1-5-11-18-17(14-20)10-7-8-16(17)9-12-19(6-2)15(3)13-21-4/h15-16,18,20H,5-14H2,1-4H3. The zero-order chi connectivity index (χ0) is 15.7. The Balaban J connectivity index is 2.54. The summed E-state index contributed by atoms with van der Waals surface area (Å²) in [7, 11) is 1.77. The molecule has 0 bridgehead atoms. The monoisotopic (exact) mass is 300 g/mol. The molecule has 1 fully saturated rings. The summed E-state index contributed by atoms with van der Waals surface area (Å²) in [5, 5.41) is 13.6. The molecule has 0 aromatic carbocycles. The van der Waals surface area contributed by atoms with Crippen LogP contribution in [-0.2, 0) is 4.74 Å². The van der Waals surface area contributed by atoms with Crippen molar-refractivity contribution in [2.45, 2.75) is 64.5 Å². The van der Waals surface area contributed by atoms with Gasteiger partial charge >= 0.3 is 0 Å². The number of nitrogens with zero attached hydrogens (tertiary/aromatic N) is 1. The maximum Gasteiger partial charge on any atom is 0.0616 e. The molecule has 1 aliphatic rings. The summed E-state index contributed by atoms with van der Waals surface area (Å²) in [5.41, 5.74) is -0.0279. The number of nitrogens with one attached hydrogen (secondary N) is 1. The second kappa shape index (κ2) is 9.78. The minimum absolute atomic E-state index is 0.0279. The highest BCUT2D eigenvalue weighted by Gasteiger charge is 2.41. The number of aliphatic hydroxyl groups excluding tert-OH is 1. The van der Waals surface area contributed by atoms with Crippen LogP contribution < -0.4 is 5.32 Å². The van der Waals surface area contributed by atoms with Crippen LogP contribution in [0.5, 0.6) is 0 Å². The fourth-order valence-electron chi connectivity index (χ4n) is 3.79. The van der Waals surface area contributed by atoms with Crippen molar-refractivity contribution in [3.05, 3.63) is 0 Å². The van der Waals surface area contributed by atoms with Crippen LogP contribution in [0.25, 0.3) is 0 Å². The van der Waals surface area contributed by atoms with Crippen molar-refractivity contribution in [3.8, 4) is 0 Å². The average molecular weight is 300 g/mol. The number of ether oxygens (including phenoxy) is 1. The van der Waals surface area contributed by atoms with Gasteiger partial charge in [0.15, 0.2) is 0 Å². The number of hydrogen-bond donors (Lipinski definition) is 2. The van der Waals surface area contributed by atoms with Crippen LogP contribution in [0, 0.1) is 5.92 Å². The van der Waals surface area contributed by atoms with Crippen molar-refractivity contribution in [3.63, 3.8) is 0 Å². The van der Waals surface area contributed by atoms with Crippen LogP contribution >= 0.6 is 0 Å². The van der Waals surface area contributed by atoms with Gasteiger partial charge in [0.05, 0.1) is 13.2 Å². The van der Waals surface area contributed by atoms with Gasteiger partial charge in [-0.05, 0) is 58.2 Å². The fraction of sp³-hybridized carbons (Fsp3) is 1.00. The molecule has 0 saturated heterocycles. The third kappa shape index (κ3) is 5.20. The van der Waals surface area contributed by atoms with Crippen LogP contribution in [0.2, 0.25) is 0 Å². The van der Waals surface area contributed by atoms with E-state index >= 15 is 0 Å². The van der Waals surface area contributed by atoms with Gasteiger partial charge in [0.2, 0.25) is 0 Å². The van der Waals surface area contributed by atoms with Crippen molar-refractivity contribution in [2.75, 3.05) is 40.0 Å². The molecule has 0 aromatic heterocycles. The van der Waals surface area contributed by atoms with Gasteiger partial charge in [-0.15, -0.1) is 0 Å². The average Bonchev–Trinajstić information content (AvgIpc) is 2.89. The molecule has 126 valence electrons. The third-order valence-corrected chi connectivity index (χ3v) is 5.17. The quantitative estimate of drug-likeness (QED) is 0.614. The maximum atomic E-state index is 9.93. The summed E-state index contributed by atoms with van der Waals surface area (Å²) in [6.07, 6.45) is 5.89. The lowest BCUT2D eigenvalue weighted by Crippen LogP contribution is -2.52. The van der Waals surface area contributed by atoms with Crippen LogP contribution in [0.4, 0.5) is 0 Å². The zero-order valence-electron chi connectivity index (χ0n) is 14.5. The molecular weight excluding hydrogens is 264 g/mol. The minimum atomic E-state index is -0.0279. The number of likely N-dealkylation sites (N-methyl/N-ethyl adjacent to an activating group) is 1. The Bertz CT molecular complexity index is 276. The SMILES string of the molecule is CCCNC1(CO)CCCC1CCN(CC)C(C)COC. The molecule has 0 aromatic rings. The molecule has 4 heteroatoms. The van der Waals surface area contributed by atoms with E-state index in [-0.39, 0.29) is 12.1 Å². The normalized spacial score (nSPS) is 27.4. The predicted octanol–water partition coefficient (Wildman–Crippen LogP) is 2.26. The molecule has 0 heterocycles. The van der Waals surface area contributed by atoms with Gasteiger partial charge in [0.1, 0.15) is 0 Å². The van der Waals surface area contributed by atoms with E-state index in [0.717, 1.165) is 39.1 Å². The minimum Gasteiger partial charge on any atom is -0.394 e. The Labute approximate surface area is 131 Å². The molecule has 1 aliphatic carbocycles. The number of rotatable bonds is 11. The van der Waals surface area contributed by atoms with E-state index in [9.17, 15) is 5.11 Å². The Morgan fingerprint density at radius 1 is 1.43 bits per heavy atom. The summed E-state index contributed by atoms with van der Waals surface area (Å²) in [6.45, 7) is 10.9. The molecule has 3 atom stereocenters. The molecule has 0 spiro atoms. The van der Waals surface area contributed by atoms with Gasteiger partial charge in [0, 0.05) is 18.7 Å². The van der Waals surface area contributed by atoms with Crippen molar-refractivity contribution in [2.24, 2.45) is 5.92 Å². The highest BCUT2D eigenvalue weighted by atomic mass is 16.5. The largest absolute Gasteiger partial charge is 0.394 e. The first-order chi connectivity index (χ1) is 10.1. The van der Waals surface area contributed by atoms with Crippen molar-refractivity contribution in [1.82, 2.24) is 10.2 Å². The fourth-order valence-corrected chi connectivity index (χ4v) is 3.79. The number of methoxy groups -OCH3 is 1. The summed E-state index contributed by atoms with van der Waals surface area (Å²) in [5.74, 6) is 0.595. The smallest absolute Gasteiger partial charge is 0.0616 e. The van der Waals surface area contributed by atoms with Crippen molar-refractivity contribution in [1.29, 1.82) is 0 Å². The topological polar surface area (TPSA) is 44.7 Å².